The van der Waals surface area contributed by atoms with Crippen LogP contribution in [0, 0.1) is 0 Å². The number of carbonyl (C=O) groups is 1. The average Bonchev–Trinajstić information content (AvgIpc) is 2.68. The minimum absolute atomic E-state index is 0.206. The molecule has 2 heterocycles. The standard InChI is InChI=1S/C20H25N3O2/c1-15(16-3-5-18(25-2)6-4-16)13-20(24)23-11-8-17(9-12-23)19-7-10-21-14-22-19/h3-7,10,14-15,17H,8-9,11-13H2,1-2H3. The van der Waals surface area contributed by atoms with Gasteiger partial charge in [-0.1, -0.05) is 19.1 Å². The summed E-state index contributed by atoms with van der Waals surface area (Å²) in [5.41, 5.74) is 2.26. The van der Waals surface area contributed by atoms with E-state index in [1.807, 2.05) is 35.2 Å². The zero-order valence-electron chi connectivity index (χ0n) is 14.9. The van der Waals surface area contributed by atoms with Crippen LogP contribution < -0.4 is 4.74 Å². The molecule has 5 nitrogen and oxygen atoms in total. The summed E-state index contributed by atoms with van der Waals surface area (Å²) in [4.78, 5) is 22.9. The summed E-state index contributed by atoms with van der Waals surface area (Å²) in [5, 5.41) is 0. The van der Waals surface area contributed by atoms with Crippen molar-refractivity contribution >= 4 is 5.91 Å². The molecule has 0 saturated carbocycles. The van der Waals surface area contributed by atoms with Crippen molar-refractivity contribution in [3.8, 4) is 5.75 Å². The molecule has 1 aliphatic rings. The molecule has 132 valence electrons. The fourth-order valence-electron chi connectivity index (χ4n) is 3.41. The maximum absolute atomic E-state index is 12.6. The molecule has 1 aromatic heterocycles. The number of amides is 1. The molecule has 0 radical (unpaired) electrons. The van der Waals surface area contributed by atoms with Crippen molar-refractivity contribution < 1.29 is 9.53 Å². The molecule has 1 saturated heterocycles. The highest BCUT2D eigenvalue weighted by Crippen LogP contribution is 2.28. The maximum atomic E-state index is 12.6. The second-order valence-electron chi connectivity index (χ2n) is 6.67. The molecule has 1 atom stereocenters. The van der Waals surface area contributed by atoms with Crippen LogP contribution in [0.15, 0.2) is 42.9 Å². The number of likely N-dealkylation sites (tertiary alicyclic amines) is 1. The number of hydrogen-bond donors (Lipinski definition) is 0. The summed E-state index contributed by atoms with van der Waals surface area (Å²) in [6.07, 6.45) is 5.88. The van der Waals surface area contributed by atoms with E-state index in [0.717, 1.165) is 37.4 Å². The molecule has 1 amide bonds. The van der Waals surface area contributed by atoms with Crippen LogP contribution in [0.3, 0.4) is 0 Å². The number of nitrogens with zero attached hydrogens (tertiary/aromatic N) is 3. The molecule has 2 aromatic rings. The van der Waals surface area contributed by atoms with E-state index >= 15 is 0 Å². The van der Waals surface area contributed by atoms with Crippen LogP contribution in [0.4, 0.5) is 0 Å². The zero-order chi connectivity index (χ0) is 17.6. The number of hydrogen-bond acceptors (Lipinski definition) is 4. The first-order chi connectivity index (χ1) is 12.2. The van der Waals surface area contributed by atoms with E-state index in [9.17, 15) is 4.79 Å². The van der Waals surface area contributed by atoms with Gasteiger partial charge >= 0.3 is 0 Å². The fourth-order valence-corrected chi connectivity index (χ4v) is 3.41. The normalized spacial score (nSPS) is 16.5. The summed E-state index contributed by atoms with van der Waals surface area (Å²) in [6, 6.07) is 9.96. The van der Waals surface area contributed by atoms with Crippen molar-refractivity contribution in [1.29, 1.82) is 0 Å². The molecule has 0 aliphatic carbocycles. The van der Waals surface area contributed by atoms with Crippen LogP contribution in [0.1, 0.15) is 49.3 Å². The molecule has 5 heteroatoms. The molecule has 1 unspecified atom stereocenters. The maximum Gasteiger partial charge on any atom is 0.223 e. The van der Waals surface area contributed by atoms with Gasteiger partial charge in [-0.2, -0.15) is 0 Å². The topological polar surface area (TPSA) is 55.3 Å². The highest BCUT2D eigenvalue weighted by molar-refractivity contribution is 5.77. The fraction of sp³-hybridized carbons (Fsp3) is 0.450. The Hall–Kier alpha value is -2.43. The molecule has 0 spiro atoms. The second kappa shape index (κ2) is 8.10. The van der Waals surface area contributed by atoms with Crippen LogP contribution in [-0.2, 0) is 4.79 Å². The smallest absolute Gasteiger partial charge is 0.223 e. The van der Waals surface area contributed by atoms with E-state index in [2.05, 4.69) is 16.9 Å². The molecular formula is C20H25N3O2. The lowest BCUT2D eigenvalue weighted by molar-refractivity contribution is -0.132. The minimum Gasteiger partial charge on any atom is -0.497 e. The van der Waals surface area contributed by atoms with E-state index in [0.29, 0.717) is 12.3 Å². The van der Waals surface area contributed by atoms with E-state index in [4.69, 9.17) is 4.74 Å². The summed E-state index contributed by atoms with van der Waals surface area (Å²) < 4.78 is 5.19. The predicted octanol–water partition coefficient (Wildman–Crippen LogP) is 3.39. The summed E-state index contributed by atoms with van der Waals surface area (Å²) in [6.45, 7) is 3.72. The van der Waals surface area contributed by atoms with Crippen molar-refractivity contribution in [2.24, 2.45) is 0 Å². The van der Waals surface area contributed by atoms with E-state index in [1.54, 1.807) is 19.6 Å². The molecular weight excluding hydrogens is 314 g/mol. The van der Waals surface area contributed by atoms with Crippen LogP contribution >= 0.6 is 0 Å². The van der Waals surface area contributed by atoms with E-state index in [1.165, 1.54) is 5.56 Å². The van der Waals surface area contributed by atoms with Crippen molar-refractivity contribution in [3.05, 3.63) is 54.1 Å². The number of piperidine rings is 1. The molecule has 25 heavy (non-hydrogen) atoms. The van der Waals surface area contributed by atoms with Crippen molar-refractivity contribution in [2.75, 3.05) is 20.2 Å². The first-order valence-electron chi connectivity index (χ1n) is 8.85. The van der Waals surface area contributed by atoms with Crippen molar-refractivity contribution in [1.82, 2.24) is 14.9 Å². The third kappa shape index (κ3) is 4.35. The van der Waals surface area contributed by atoms with Gasteiger partial charge in [-0.05, 0) is 42.5 Å². The van der Waals surface area contributed by atoms with E-state index in [-0.39, 0.29) is 11.8 Å². The van der Waals surface area contributed by atoms with Gasteiger partial charge in [0.15, 0.2) is 0 Å². The predicted molar refractivity (Wildman–Crippen MR) is 96.6 cm³/mol. The van der Waals surface area contributed by atoms with Crippen LogP contribution in [0.25, 0.3) is 0 Å². The Morgan fingerprint density at radius 2 is 1.96 bits per heavy atom. The first-order valence-corrected chi connectivity index (χ1v) is 8.85. The highest BCUT2D eigenvalue weighted by Gasteiger charge is 2.25. The lowest BCUT2D eigenvalue weighted by atomic mass is 9.92. The van der Waals surface area contributed by atoms with Crippen molar-refractivity contribution in [3.63, 3.8) is 0 Å². The van der Waals surface area contributed by atoms with E-state index < -0.39 is 0 Å². The minimum atomic E-state index is 0.206. The largest absolute Gasteiger partial charge is 0.497 e. The lowest BCUT2D eigenvalue weighted by Crippen LogP contribution is -2.38. The lowest BCUT2D eigenvalue weighted by Gasteiger charge is -2.32. The Bertz CT molecular complexity index is 680. The number of aromatic nitrogens is 2. The average molecular weight is 339 g/mol. The molecule has 0 bridgehead atoms. The van der Waals surface area contributed by atoms with Gasteiger partial charge < -0.3 is 9.64 Å². The highest BCUT2D eigenvalue weighted by atomic mass is 16.5. The molecule has 3 rings (SSSR count). The number of carbonyl (C=O) groups excluding carboxylic acids is 1. The van der Waals surface area contributed by atoms with Gasteiger partial charge in [-0.15, -0.1) is 0 Å². The van der Waals surface area contributed by atoms with Gasteiger partial charge in [0.05, 0.1) is 7.11 Å². The number of benzene rings is 1. The Morgan fingerprint density at radius 3 is 2.56 bits per heavy atom. The second-order valence-corrected chi connectivity index (χ2v) is 6.67. The summed E-state index contributed by atoms with van der Waals surface area (Å²) in [7, 11) is 1.66. The Labute approximate surface area is 149 Å². The monoisotopic (exact) mass is 339 g/mol. The summed E-state index contributed by atoms with van der Waals surface area (Å²) >= 11 is 0. The van der Waals surface area contributed by atoms with Crippen LogP contribution in [0.2, 0.25) is 0 Å². The summed E-state index contributed by atoms with van der Waals surface area (Å²) in [5.74, 6) is 1.72. The quantitative estimate of drug-likeness (QED) is 0.838. The van der Waals surface area contributed by atoms with Gasteiger partial charge in [0, 0.05) is 37.3 Å². The first kappa shape index (κ1) is 17.4. The SMILES string of the molecule is COc1ccc(C(C)CC(=O)N2CCC(c3ccncn3)CC2)cc1. The van der Waals surface area contributed by atoms with Gasteiger partial charge in [0.2, 0.25) is 5.91 Å². The van der Waals surface area contributed by atoms with Gasteiger partial charge in [0.1, 0.15) is 12.1 Å². The Balaban J connectivity index is 1.52. The third-order valence-electron chi connectivity index (χ3n) is 5.04. The Kier molecular flexibility index (Phi) is 5.64. The molecule has 1 fully saturated rings. The van der Waals surface area contributed by atoms with Crippen molar-refractivity contribution in [2.45, 2.75) is 38.0 Å². The van der Waals surface area contributed by atoms with Gasteiger partial charge in [0.25, 0.3) is 0 Å². The molecule has 0 N–H and O–H groups in total. The van der Waals surface area contributed by atoms with Gasteiger partial charge in [-0.3, -0.25) is 4.79 Å². The third-order valence-corrected chi connectivity index (χ3v) is 5.04. The van der Waals surface area contributed by atoms with Crippen LogP contribution in [0.5, 0.6) is 5.75 Å². The number of ether oxygens (including phenoxy) is 1. The zero-order valence-corrected chi connectivity index (χ0v) is 14.9. The Morgan fingerprint density at radius 1 is 1.24 bits per heavy atom. The molecule has 1 aliphatic heterocycles. The molecule has 1 aromatic carbocycles. The van der Waals surface area contributed by atoms with Gasteiger partial charge in [-0.25, -0.2) is 9.97 Å². The number of methoxy groups -OCH3 is 1. The van der Waals surface area contributed by atoms with Crippen LogP contribution in [-0.4, -0.2) is 41.0 Å². The number of rotatable bonds is 5.